The van der Waals surface area contributed by atoms with E-state index in [4.69, 9.17) is 34.0 Å². The molecule has 3 aromatic carbocycles. The molecule has 0 heterocycles. The number of β-amino-alcohol motifs (C(OH)–C–C–N with tert-alkyl or cyclic N) is 1. The molecule has 9 nitrogen and oxygen atoms in total. The van der Waals surface area contributed by atoms with Crippen molar-refractivity contribution in [1.29, 1.82) is 0 Å². The molecule has 4 N–H and O–H groups in total. The fourth-order valence-corrected chi connectivity index (χ4v) is 3.67. The van der Waals surface area contributed by atoms with Crippen LogP contribution in [0.15, 0.2) is 72.8 Å². The number of para-hydroxylation sites is 1. The molecular weight excluding hydrogens is 490 g/mol. The van der Waals surface area contributed by atoms with Crippen molar-refractivity contribution in [3.05, 3.63) is 89.5 Å². The van der Waals surface area contributed by atoms with E-state index in [0.717, 1.165) is 23.1 Å². The number of nitrogens with one attached hydrogen (secondary N) is 1. The van der Waals surface area contributed by atoms with Crippen LogP contribution in [-0.4, -0.2) is 53.6 Å². The number of hydrogen-bond donors (Lipinski definition) is 4. The molecule has 0 amide bonds. The van der Waals surface area contributed by atoms with E-state index in [1.807, 2.05) is 72.8 Å². The molecule has 0 aliphatic carbocycles. The van der Waals surface area contributed by atoms with Crippen LogP contribution in [0.4, 0.5) is 0 Å². The summed E-state index contributed by atoms with van der Waals surface area (Å²) in [5.41, 5.74) is 2.76. The van der Waals surface area contributed by atoms with Crippen LogP contribution in [0, 0.1) is 0 Å². The second-order valence-corrected chi connectivity index (χ2v) is 9.07. The highest BCUT2D eigenvalue weighted by Gasteiger charge is 2.22. The highest BCUT2D eigenvalue weighted by molar-refractivity contribution is 6.27. The van der Waals surface area contributed by atoms with E-state index in [2.05, 4.69) is 19.2 Å². The number of aliphatic hydroxyl groups is 1. The van der Waals surface area contributed by atoms with E-state index >= 15 is 0 Å². The van der Waals surface area contributed by atoms with Crippen molar-refractivity contribution in [3.63, 3.8) is 0 Å². The minimum absolute atomic E-state index is 0.236. The van der Waals surface area contributed by atoms with Gasteiger partial charge in [-0.05, 0) is 49.6 Å². The van der Waals surface area contributed by atoms with Crippen LogP contribution in [0.25, 0.3) is 0 Å². The minimum atomic E-state index is -1.82. The number of carbonyl (C=O) groups is 2. The summed E-state index contributed by atoms with van der Waals surface area (Å²) in [6.07, 6.45) is 0.0818. The zero-order valence-corrected chi connectivity index (χ0v) is 22.0. The van der Waals surface area contributed by atoms with Crippen molar-refractivity contribution in [2.24, 2.45) is 0 Å². The van der Waals surface area contributed by atoms with Crippen LogP contribution >= 0.6 is 0 Å². The number of methoxy groups -OCH3 is 2. The van der Waals surface area contributed by atoms with Crippen LogP contribution in [0.2, 0.25) is 0 Å². The minimum Gasteiger partial charge on any atom is -0.493 e. The van der Waals surface area contributed by atoms with Gasteiger partial charge in [-0.25, -0.2) is 9.59 Å². The summed E-state index contributed by atoms with van der Waals surface area (Å²) in [5, 5.41) is 29.2. The topological polar surface area (TPSA) is 135 Å². The first-order valence-electron chi connectivity index (χ1n) is 11.9. The maximum Gasteiger partial charge on any atom is 0.414 e. The van der Waals surface area contributed by atoms with Gasteiger partial charge in [-0.15, -0.1) is 0 Å². The van der Waals surface area contributed by atoms with E-state index in [1.54, 1.807) is 14.2 Å². The van der Waals surface area contributed by atoms with Gasteiger partial charge in [0.05, 0.1) is 20.3 Å². The predicted molar refractivity (Wildman–Crippen MR) is 143 cm³/mol. The summed E-state index contributed by atoms with van der Waals surface area (Å²) in [6, 6.07) is 23.6. The summed E-state index contributed by atoms with van der Waals surface area (Å²) in [4.78, 5) is 18.2. The van der Waals surface area contributed by atoms with Gasteiger partial charge in [0, 0.05) is 17.6 Å². The molecule has 0 fully saturated rings. The zero-order valence-electron chi connectivity index (χ0n) is 22.0. The lowest BCUT2D eigenvalue weighted by molar-refractivity contribution is -0.159. The lowest BCUT2D eigenvalue weighted by Crippen LogP contribution is -2.43. The van der Waals surface area contributed by atoms with Crippen LogP contribution in [0.3, 0.4) is 0 Å². The molecule has 0 aromatic heterocycles. The second-order valence-electron chi connectivity index (χ2n) is 9.07. The Hall–Kier alpha value is -4.08. The molecule has 204 valence electrons. The number of aliphatic carboxylic acids is 2. The third-order valence-electron chi connectivity index (χ3n) is 5.57. The first kappa shape index (κ1) is 30.1. The molecule has 1 unspecified atom stereocenters. The molecule has 3 rings (SSSR count). The number of carboxylic acids is 2. The van der Waals surface area contributed by atoms with Gasteiger partial charge in [0.1, 0.15) is 12.4 Å². The van der Waals surface area contributed by atoms with Gasteiger partial charge in [-0.3, -0.25) is 0 Å². The van der Waals surface area contributed by atoms with Crippen LogP contribution < -0.4 is 19.5 Å². The Morgan fingerprint density at radius 1 is 0.816 bits per heavy atom. The first-order valence-corrected chi connectivity index (χ1v) is 11.9. The van der Waals surface area contributed by atoms with Gasteiger partial charge in [0.25, 0.3) is 0 Å². The van der Waals surface area contributed by atoms with Crippen LogP contribution in [-0.2, 0) is 22.6 Å². The second kappa shape index (κ2) is 14.6. The standard InChI is InChI=1S/C27H33NO4.C2H2O4/c1-27(2,17-21-14-15-25(30-3)26(16-21)31-4)28-18-23(29)22-12-8-9-13-24(22)32-19-20-10-6-5-7-11-20;3-1(4)2(5)6/h5-16,23,28-29H,17-19H2,1-4H3;(H,3,4)(H,5,6). The molecule has 1 atom stereocenters. The molecule has 0 bridgehead atoms. The molecule has 0 spiro atoms. The Morgan fingerprint density at radius 2 is 1.42 bits per heavy atom. The van der Waals surface area contributed by atoms with Gasteiger partial charge in [0.2, 0.25) is 0 Å². The first-order chi connectivity index (χ1) is 18.1. The fourth-order valence-electron chi connectivity index (χ4n) is 3.67. The highest BCUT2D eigenvalue weighted by Crippen LogP contribution is 2.30. The Bertz CT molecular complexity index is 1170. The van der Waals surface area contributed by atoms with Gasteiger partial charge >= 0.3 is 11.9 Å². The summed E-state index contributed by atoms with van der Waals surface area (Å²) in [5.74, 6) is -1.52. The average molecular weight is 526 g/mol. The van der Waals surface area contributed by atoms with Crippen molar-refractivity contribution in [2.75, 3.05) is 20.8 Å². The van der Waals surface area contributed by atoms with E-state index < -0.39 is 18.0 Å². The Balaban J connectivity index is 0.000000757. The molecule has 0 saturated heterocycles. The van der Waals surface area contributed by atoms with Crippen molar-refractivity contribution in [1.82, 2.24) is 5.32 Å². The molecule has 0 saturated carbocycles. The third-order valence-corrected chi connectivity index (χ3v) is 5.57. The summed E-state index contributed by atoms with van der Waals surface area (Å²) < 4.78 is 16.7. The highest BCUT2D eigenvalue weighted by atomic mass is 16.5. The van der Waals surface area contributed by atoms with Gasteiger partial charge in [-0.1, -0.05) is 54.6 Å². The van der Waals surface area contributed by atoms with Crippen LogP contribution in [0.5, 0.6) is 17.2 Å². The maximum atomic E-state index is 10.9. The average Bonchev–Trinajstić information content (AvgIpc) is 2.91. The van der Waals surface area contributed by atoms with Crippen molar-refractivity contribution >= 4 is 11.9 Å². The zero-order chi connectivity index (χ0) is 28.1. The molecule has 0 radical (unpaired) electrons. The lowest BCUT2D eigenvalue weighted by Gasteiger charge is -2.29. The quantitative estimate of drug-likeness (QED) is 0.273. The van der Waals surface area contributed by atoms with E-state index in [-0.39, 0.29) is 5.54 Å². The molecule has 0 aliphatic heterocycles. The third kappa shape index (κ3) is 9.76. The van der Waals surface area contributed by atoms with Crippen molar-refractivity contribution in [2.45, 2.75) is 38.5 Å². The monoisotopic (exact) mass is 525 g/mol. The number of ether oxygens (including phenoxy) is 3. The van der Waals surface area contributed by atoms with Gasteiger partial charge in [0.15, 0.2) is 11.5 Å². The molecule has 3 aromatic rings. The number of aliphatic hydroxyl groups excluding tert-OH is 1. The van der Waals surface area contributed by atoms with E-state index in [0.29, 0.717) is 30.4 Å². The number of hydrogen-bond acceptors (Lipinski definition) is 7. The Kier molecular flexibility index (Phi) is 11.6. The normalized spacial score (nSPS) is 11.5. The van der Waals surface area contributed by atoms with E-state index in [9.17, 15) is 5.11 Å². The van der Waals surface area contributed by atoms with Gasteiger partial charge < -0.3 is 34.8 Å². The molecule has 0 aliphatic rings. The Morgan fingerprint density at radius 3 is 2.03 bits per heavy atom. The number of benzene rings is 3. The van der Waals surface area contributed by atoms with Gasteiger partial charge in [-0.2, -0.15) is 0 Å². The Labute approximate surface area is 222 Å². The smallest absolute Gasteiger partial charge is 0.414 e. The summed E-state index contributed by atoms with van der Waals surface area (Å²) in [7, 11) is 3.27. The largest absolute Gasteiger partial charge is 0.493 e. The van der Waals surface area contributed by atoms with Crippen LogP contribution in [0.1, 0.15) is 36.6 Å². The molecule has 38 heavy (non-hydrogen) atoms. The number of rotatable bonds is 11. The van der Waals surface area contributed by atoms with E-state index in [1.165, 1.54) is 0 Å². The summed E-state index contributed by atoms with van der Waals surface area (Å²) in [6.45, 7) is 5.11. The van der Waals surface area contributed by atoms with Crippen molar-refractivity contribution in [3.8, 4) is 17.2 Å². The SMILES string of the molecule is COc1ccc(CC(C)(C)NCC(O)c2ccccc2OCc2ccccc2)cc1OC.O=C(O)C(=O)O. The van der Waals surface area contributed by atoms with Crippen molar-refractivity contribution < 1.29 is 39.1 Å². The molecular formula is C29H35NO8. The number of carboxylic acid groups (broad SMARTS) is 2. The summed E-state index contributed by atoms with van der Waals surface area (Å²) >= 11 is 0. The molecule has 9 heteroatoms. The predicted octanol–water partition coefficient (Wildman–Crippen LogP) is 4.08. The maximum absolute atomic E-state index is 10.9. The lowest BCUT2D eigenvalue weighted by atomic mass is 9.94. The fraction of sp³-hybridized carbons (Fsp3) is 0.310.